The van der Waals surface area contributed by atoms with Crippen LogP contribution in [0.5, 0.6) is 0 Å². The number of quaternary nitrogens is 1. The van der Waals surface area contributed by atoms with Gasteiger partial charge in [0, 0.05) is 5.69 Å². The number of anilines is 1. The highest BCUT2D eigenvalue weighted by atomic mass is 16.6. The second kappa shape index (κ2) is 8.52. The fraction of sp³-hybridized carbons (Fsp3) is 0.375. The molecule has 1 aromatic heterocycles. The van der Waals surface area contributed by atoms with E-state index < -0.39 is 0 Å². The molecule has 140 valence electrons. The molecule has 10 heteroatoms. The third-order valence-electron chi connectivity index (χ3n) is 3.63. The molecule has 1 atom stereocenters. The molecule has 1 heterocycles. The minimum Gasteiger partial charge on any atom is -0.348 e. The van der Waals surface area contributed by atoms with Gasteiger partial charge in [-0.25, -0.2) is 10.6 Å². The van der Waals surface area contributed by atoms with Crippen molar-refractivity contribution in [2.75, 3.05) is 33.1 Å². The van der Waals surface area contributed by atoms with Gasteiger partial charge >= 0.3 is 0 Å². The molecule has 0 aliphatic rings. The van der Waals surface area contributed by atoms with Crippen molar-refractivity contribution in [2.24, 2.45) is 5.90 Å². The summed E-state index contributed by atoms with van der Waals surface area (Å²) in [6, 6.07) is 7.45. The molecule has 0 bridgehead atoms. The number of hydrogen-bond donors (Lipinski definition) is 3. The lowest BCUT2D eigenvalue weighted by Gasteiger charge is -2.31. The van der Waals surface area contributed by atoms with Gasteiger partial charge in [-0.2, -0.15) is 0 Å². The van der Waals surface area contributed by atoms with Crippen molar-refractivity contribution in [1.82, 2.24) is 20.3 Å². The predicted molar refractivity (Wildman–Crippen MR) is 94.9 cm³/mol. The van der Waals surface area contributed by atoms with Crippen molar-refractivity contribution in [3.05, 3.63) is 36.2 Å². The number of nitrogens with two attached hydrogens (primary N) is 1. The second-order valence-electron chi connectivity index (χ2n) is 6.63. The zero-order chi connectivity index (χ0) is 19.2. The molecule has 1 unspecified atom stereocenters. The summed E-state index contributed by atoms with van der Waals surface area (Å²) in [4.78, 5) is 26.8. The summed E-state index contributed by atoms with van der Waals surface area (Å²) in [6.45, 7) is 0.0179. The molecule has 26 heavy (non-hydrogen) atoms. The summed E-state index contributed by atoms with van der Waals surface area (Å²) in [6.07, 6.45) is 2.26. The van der Waals surface area contributed by atoms with E-state index in [4.69, 9.17) is 5.90 Å². The van der Waals surface area contributed by atoms with Crippen LogP contribution in [0, 0.1) is 0 Å². The SMILES string of the molecule is C[N+](C)(C)C(C=O)Nc1ccc(-n2cc(CNC(=O)CON)nn2)cc1. The summed E-state index contributed by atoms with van der Waals surface area (Å²) in [5, 5.41) is 13.8. The average molecular weight is 362 g/mol. The molecule has 0 aliphatic heterocycles. The summed E-state index contributed by atoms with van der Waals surface area (Å²) >= 11 is 0. The van der Waals surface area contributed by atoms with Gasteiger partial charge < -0.3 is 15.1 Å². The van der Waals surface area contributed by atoms with E-state index in [0.717, 1.165) is 17.7 Å². The standard InChI is InChI=1S/C16H23N7O3/c1-23(2,3)15(10-24)19-12-4-6-14(7-5-12)22-9-13(20-21-22)8-18-16(25)11-26-17/h4-7,9-10,15,19H,8,11,17H2,1-3H3/p+1. The first-order valence-corrected chi connectivity index (χ1v) is 7.96. The van der Waals surface area contributed by atoms with Gasteiger partial charge in [-0.1, -0.05) is 5.21 Å². The zero-order valence-electron chi connectivity index (χ0n) is 15.0. The first-order valence-electron chi connectivity index (χ1n) is 7.96. The summed E-state index contributed by atoms with van der Waals surface area (Å²) in [7, 11) is 5.82. The number of carbonyl (C=O) groups excluding carboxylic acids is 2. The van der Waals surface area contributed by atoms with Crippen LogP contribution in [0.3, 0.4) is 0 Å². The summed E-state index contributed by atoms with van der Waals surface area (Å²) < 4.78 is 2.07. The van der Waals surface area contributed by atoms with E-state index in [1.165, 1.54) is 0 Å². The molecule has 0 spiro atoms. The van der Waals surface area contributed by atoms with Crippen LogP contribution in [-0.2, 0) is 21.0 Å². The molecule has 0 radical (unpaired) electrons. The van der Waals surface area contributed by atoms with Crippen LogP contribution < -0.4 is 16.5 Å². The Bertz CT molecular complexity index is 737. The highest BCUT2D eigenvalue weighted by Gasteiger charge is 2.22. The smallest absolute Gasteiger partial charge is 0.248 e. The first-order chi connectivity index (χ1) is 12.3. The largest absolute Gasteiger partial charge is 0.348 e. The normalized spacial score (nSPS) is 12.5. The van der Waals surface area contributed by atoms with E-state index in [1.807, 2.05) is 45.4 Å². The van der Waals surface area contributed by atoms with Gasteiger partial charge in [0.2, 0.25) is 12.1 Å². The molecule has 0 saturated heterocycles. The Balaban J connectivity index is 2.00. The highest BCUT2D eigenvalue weighted by molar-refractivity contribution is 5.77. The predicted octanol–water partition coefficient (Wildman–Crippen LogP) is -0.583. The fourth-order valence-corrected chi connectivity index (χ4v) is 2.11. The van der Waals surface area contributed by atoms with Crippen LogP contribution >= 0.6 is 0 Å². The lowest BCUT2D eigenvalue weighted by Crippen LogP contribution is -2.50. The van der Waals surface area contributed by atoms with Crippen LogP contribution in [0.25, 0.3) is 5.69 Å². The maximum Gasteiger partial charge on any atom is 0.248 e. The number of rotatable bonds is 9. The molecule has 2 rings (SSSR count). The monoisotopic (exact) mass is 362 g/mol. The van der Waals surface area contributed by atoms with Crippen LogP contribution in [0.4, 0.5) is 5.69 Å². The Labute approximate surface area is 151 Å². The molecule has 1 amide bonds. The van der Waals surface area contributed by atoms with Gasteiger partial charge in [0.15, 0.2) is 6.29 Å². The maximum atomic E-state index is 11.3. The molecule has 0 aliphatic carbocycles. The first kappa shape index (κ1) is 19.5. The number of nitrogens with zero attached hydrogens (tertiary/aromatic N) is 4. The molecular formula is C16H24N7O3+. The number of nitrogens with one attached hydrogen (secondary N) is 2. The Morgan fingerprint density at radius 3 is 2.62 bits per heavy atom. The Morgan fingerprint density at radius 2 is 2.04 bits per heavy atom. The van der Waals surface area contributed by atoms with E-state index in [1.54, 1.807) is 10.9 Å². The van der Waals surface area contributed by atoms with E-state index in [0.29, 0.717) is 10.2 Å². The van der Waals surface area contributed by atoms with Gasteiger partial charge in [0.1, 0.15) is 12.3 Å². The molecule has 4 N–H and O–H groups in total. The fourth-order valence-electron chi connectivity index (χ4n) is 2.11. The number of amides is 1. The number of likely N-dealkylation sites (N-methyl/N-ethyl adjacent to an activating group) is 1. The molecule has 0 fully saturated rings. The van der Waals surface area contributed by atoms with E-state index >= 15 is 0 Å². The minimum atomic E-state index is -0.347. The maximum absolute atomic E-state index is 11.3. The zero-order valence-corrected chi connectivity index (χ0v) is 15.0. The van der Waals surface area contributed by atoms with E-state index in [9.17, 15) is 9.59 Å². The molecule has 2 aromatic rings. The van der Waals surface area contributed by atoms with Crippen LogP contribution in [-0.4, -0.2) is 65.6 Å². The quantitative estimate of drug-likeness (QED) is 0.236. The average Bonchev–Trinajstić information content (AvgIpc) is 3.06. The number of hydrogen-bond acceptors (Lipinski definition) is 7. The Kier molecular flexibility index (Phi) is 6.39. The lowest BCUT2D eigenvalue weighted by molar-refractivity contribution is -0.881. The third-order valence-corrected chi connectivity index (χ3v) is 3.63. The summed E-state index contributed by atoms with van der Waals surface area (Å²) in [5.74, 6) is 4.50. The van der Waals surface area contributed by atoms with Crippen molar-refractivity contribution in [3.8, 4) is 5.69 Å². The minimum absolute atomic E-state index is 0.211. The third kappa shape index (κ3) is 5.34. The molecule has 1 aromatic carbocycles. The van der Waals surface area contributed by atoms with Crippen molar-refractivity contribution in [3.63, 3.8) is 0 Å². The van der Waals surface area contributed by atoms with Gasteiger partial charge in [0.05, 0.1) is 39.6 Å². The Morgan fingerprint density at radius 1 is 1.35 bits per heavy atom. The van der Waals surface area contributed by atoms with Gasteiger partial charge in [-0.05, 0) is 24.3 Å². The van der Waals surface area contributed by atoms with E-state index in [2.05, 4.69) is 25.8 Å². The van der Waals surface area contributed by atoms with Crippen LogP contribution in [0.2, 0.25) is 0 Å². The van der Waals surface area contributed by atoms with Crippen molar-refractivity contribution in [2.45, 2.75) is 12.7 Å². The van der Waals surface area contributed by atoms with Gasteiger partial charge in [-0.3, -0.25) is 14.4 Å². The number of benzene rings is 1. The van der Waals surface area contributed by atoms with Crippen molar-refractivity contribution < 1.29 is 18.9 Å². The van der Waals surface area contributed by atoms with Gasteiger partial charge in [-0.15, -0.1) is 5.10 Å². The molecular weight excluding hydrogens is 338 g/mol. The van der Waals surface area contributed by atoms with Crippen LogP contribution in [0.15, 0.2) is 30.5 Å². The topological polar surface area (TPSA) is 124 Å². The molecule has 0 saturated carbocycles. The van der Waals surface area contributed by atoms with Crippen LogP contribution in [0.1, 0.15) is 5.69 Å². The highest BCUT2D eigenvalue weighted by Crippen LogP contribution is 2.15. The second-order valence-corrected chi connectivity index (χ2v) is 6.63. The number of aldehydes is 1. The number of aromatic nitrogens is 3. The van der Waals surface area contributed by atoms with Crippen molar-refractivity contribution >= 4 is 17.9 Å². The van der Waals surface area contributed by atoms with E-state index in [-0.39, 0.29) is 25.2 Å². The lowest BCUT2D eigenvalue weighted by atomic mass is 10.2. The molecule has 10 nitrogen and oxygen atoms in total. The Hall–Kier alpha value is -2.82. The van der Waals surface area contributed by atoms with Crippen molar-refractivity contribution in [1.29, 1.82) is 0 Å². The summed E-state index contributed by atoms with van der Waals surface area (Å²) in [5.41, 5.74) is 2.23. The van der Waals surface area contributed by atoms with Gasteiger partial charge in [0.25, 0.3) is 0 Å². The number of carbonyl (C=O) groups is 2.